The summed E-state index contributed by atoms with van der Waals surface area (Å²) in [5.74, 6) is 0.0677. The van der Waals surface area contributed by atoms with Crippen LogP contribution in [0.25, 0.3) is 0 Å². The molecule has 2 aliphatic rings. The Kier molecular flexibility index (Phi) is 4.59. The van der Waals surface area contributed by atoms with E-state index in [9.17, 15) is 9.90 Å². The van der Waals surface area contributed by atoms with Crippen molar-refractivity contribution in [2.75, 3.05) is 33.8 Å². The largest absolute Gasteiger partial charge is 0.391 e. The van der Waals surface area contributed by atoms with E-state index >= 15 is 0 Å². The van der Waals surface area contributed by atoms with Crippen LogP contribution in [0.15, 0.2) is 0 Å². The number of aliphatic hydroxyl groups is 1. The highest BCUT2D eigenvalue weighted by molar-refractivity contribution is 5.81. The highest BCUT2D eigenvalue weighted by Crippen LogP contribution is 2.23. The van der Waals surface area contributed by atoms with Crippen molar-refractivity contribution < 1.29 is 14.6 Å². The topological polar surface area (TPSA) is 53.0 Å². The number of hydrogen-bond donors (Lipinski definition) is 1. The number of hydrogen-bond acceptors (Lipinski definition) is 4. The number of carbonyl (C=O) groups excluding carboxylic acids is 1. The predicted molar refractivity (Wildman–Crippen MR) is 68.3 cm³/mol. The molecule has 0 radical (unpaired) electrons. The molecule has 3 unspecified atom stereocenters. The molecule has 2 aliphatic heterocycles. The first kappa shape index (κ1) is 13.8. The number of ether oxygens (including phenoxy) is 1. The second-order valence-corrected chi connectivity index (χ2v) is 5.65. The van der Waals surface area contributed by atoms with Crippen molar-refractivity contribution in [3.63, 3.8) is 0 Å². The highest BCUT2D eigenvalue weighted by Gasteiger charge is 2.38. The molecule has 5 heteroatoms. The minimum absolute atomic E-state index is 0.0677. The second-order valence-electron chi connectivity index (χ2n) is 5.65. The van der Waals surface area contributed by atoms with Crippen LogP contribution in [0.2, 0.25) is 0 Å². The molecule has 0 bridgehead atoms. The van der Waals surface area contributed by atoms with Crippen molar-refractivity contribution in [1.82, 2.24) is 9.80 Å². The standard InChI is InChI=1S/C13H24N2O3/c1-14(2)8-10-7-11(16)9-15(10)13(17)12-5-3-4-6-18-12/h10-12,16H,3-9H2,1-2H3. The van der Waals surface area contributed by atoms with Crippen molar-refractivity contribution in [3.8, 4) is 0 Å². The maximum Gasteiger partial charge on any atom is 0.252 e. The van der Waals surface area contributed by atoms with E-state index in [4.69, 9.17) is 4.74 Å². The van der Waals surface area contributed by atoms with E-state index in [0.717, 1.165) is 25.8 Å². The summed E-state index contributed by atoms with van der Waals surface area (Å²) in [4.78, 5) is 16.3. The van der Waals surface area contributed by atoms with Gasteiger partial charge in [-0.3, -0.25) is 4.79 Å². The van der Waals surface area contributed by atoms with E-state index in [1.54, 1.807) is 0 Å². The number of β-amino-alcohol motifs (C(OH)–C–C–N with tert-alkyl or cyclic N) is 1. The summed E-state index contributed by atoms with van der Waals surface area (Å²) in [6, 6.07) is 0.119. The second kappa shape index (κ2) is 5.99. The number of amides is 1. The molecular formula is C13H24N2O3. The summed E-state index contributed by atoms with van der Waals surface area (Å²) in [5, 5.41) is 9.78. The highest BCUT2D eigenvalue weighted by atomic mass is 16.5. The Hall–Kier alpha value is -0.650. The van der Waals surface area contributed by atoms with Crippen molar-refractivity contribution in [2.45, 2.75) is 43.9 Å². The molecule has 104 valence electrons. The zero-order chi connectivity index (χ0) is 13.1. The van der Waals surface area contributed by atoms with Gasteiger partial charge in [0.1, 0.15) is 6.10 Å². The van der Waals surface area contributed by atoms with Gasteiger partial charge in [0.25, 0.3) is 5.91 Å². The SMILES string of the molecule is CN(C)CC1CC(O)CN1C(=O)C1CCCCO1. The lowest BCUT2D eigenvalue weighted by Crippen LogP contribution is -2.47. The molecule has 0 aliphatic carbocycles. The Morgan fingerprint density at radius 3 is 2.83 bits per heavy atom. The third-order valence-electron chi connectivity index (χ3n) is 3.71. The van der Waals surface area contributed by atoms with Gasteiger partial charge in [0.2, 0.25) is 0 Å². The molecule has 1 amide bonds. The summed E-state index contributed by atoms with van der Waals surface area (Å²) in [6.45, 7) is 1.94. The Bertz CT molecular complexity index is 290. The Morgan fingerprint density at radius 1 is 1.44 bits per heavy atom. The van der Waals surface area contributed by atoms with Gasteiger partial charge in [-0.2, -0.15) is 0 Å². The molecule has 2 rings (SSSR count). The van der Waals surface area contributed by atoms with E-state index in [1.165, 1.54) is 0 Å². The molecule has 5 nitrogen and oxygen atoms in total. The zero-order valence-electron chi connectivity index (χ0n) is 11.3. The van der Waals surface area contributed by atoms with Gasteiger partial charge in [0, 0.05) is 25.7 Å². The Morgan fingerprint density at radius 2 is 2.22 bits per heavy atom. The third kappa shape index (κ3) is 3.22. The van der Waals surface area contributed by atoms with Gasteiger partial charge in [-0.25, -0.2) is 0 Å². The molecule has 0 spiro atoms. The first-order chi connectivity index (χ1) is 8.58. The summed E-state index contributed by atoms with van der Waals surface area (Å²) in [5.41, 5.74) is 0. The molecular weight excluding hydrogens is 232 g/mol. The van der Waals surface area contributed by atoms with E-state index in [0.29, 0.717) is 19.6 Å². The molecule has 0 aromatic rings. The quantitative estimate of drug-likeness (QED) is 0.777. The summed E-state index contributed by atoms with van der Waals surface area (Å²) in [6.07, 6.45) is 2.94. The van der Waals surface area contributed by atoms with Crippen LogP contribution in [-0.4, -0.2) is 72.9 Å². The lowest BCUT2D eigenvalue weighted by atomic mass is 10.1. The van der Waals surface area contributed by atoms with E-state index < -0.39 is 0 Å². The normalized spacial score (nSPS) is 33.1. The van der Waals surface area contributed by atoms with Crippen molar-refractivity contribution in [3.05, 3.63) is 0 Å². The molecule has 0 aromatic carbocycles. The van der Waals surface area contributed by atoms with E-state index in [-0.39, 0.29) is 24.2 Å². The van der Waals surface area contributed by atoms with Crippen LogP contribution >= 0.6 is 0 Å². The number of likely N-dealkylation sites (tertiary alicyclic amines) is 1. The van der Waals surface area contributed by atoms with Gasteiger partial charge < -0.3 is 19.6 Å². The Labute approximate surface area is 109 Å². The zero-order valence-corrected chi connectivity index (χ0v) is 11.3. The molecule has 3 atom stereocenters. The molecule has 0 saturated carbocycles. The lowest BCUT2D eigenvalue weighted by Gasteiger charge is -2.31. The van der Waals surface area contributed by atoms with Crippen LogP contribution in [0, 0.1) is 0 Å². The van der Waals surface area contributed by atoms with Crippen LogP contribution in [0.4, 0.5) is 0 Å². The Balaban J connectivity index is 1.97. The molecule has 18 heavy (non-hydrogen) atoms. The molecule has 2 fully saturated rings. The van der Waals surface area contributed by atoms with Crippen molar-refractivity contribution >= 4 is 5.91 Å². The summed E-state index contributed by atoms with van der Waals surface area (Å²) < 4.78 is 5.55. The number of rotatable bonds is 3. The van der Waals surface area contributed by atoms with Gasteiger partial charge in [0.15, 0.2) is 0 Å². The number of carbonyl (C=O) groups is 1. The summed E-state index contributed by atoms with van der Waals surface area (Å²) >= 11 is 0. The van der Waals surface area contributed by atoms with Gasteiger partial charge in [-0.05, 0) is 39.8 Å². The fourth-order valence-corrected chi connectivity index (χ4v) is 2.88. The number of aliphatic hydroxyl groups excluding tert-OH is 1. The monoisotopic (exact) mass is 256 g/mol. The van der Waals surface area contributed by atoms with Gasteiger partial charge in [-0.15, -0.1) is 0 Å². The van der Waals surface area contributed by atoms with Crippen LogP contribution < -0.4 is 0 Å². The fraction of sp³-hybridized carbons (Fsp3) is 0.923. The smallest absolute Gasteiger partial charge is 0.252 e. The average molecular weight is 256 g/mol. The number of nitrogens with zero attached hydrogens (tertiary/aromatic N) is 2. The molecule has 1 N–H and O–H groups in total. The molecule has 2 heterocycles. The number of likely N-dealkylation sites (N-methyl/N-ethyl adjacent to an activating group) is 1. The predicted octanol–water partition coefficient (Wildman–Crippen LogP) is 0.0789. The van der Waals surface area contributed by atoms with E-state index in [1.807, 2.05) is 19.0 Å². The lowest BCUT2D eigenvalue weighted by molar-refractivity contribution is -0.147. The first-order valence-electron chi connectivity index (χ1n) is 6.83. The molecule has 0 aromatic heterocycles. The van der Waals surface area contributed by atoms with E-state index in [2.05, 4.69) is 4.90 Å². The van der Waals surface area contributed by atoms with Crippen LogP contribution in [0.3, 0.4) is 0 Å². The fourth-order valence-electron chi connectivity index (χ4n) is 2.88. The first-order valence-corrected chi connectivity index (χ1v) is 6.83. The maximum absolute atomic E-state index is 12.4. The van der Waals surface area contributed by atoms with Gasteiger partial charge in [0.05, 0.1) is 6.10 Å². The third-order valence-corrected chi connectivity index (χ3v) is 3.71. The van der Waals surface area contributed by atoms with Crippen molar-refractivity contribution in [1.29, 1.82) is 0 Å². The van der Waals surface area contributed by atoms with Crippen LogP contribution in [0.5, 0.6) is 0 Å². The van der Waals surface area contributed by atoms with Crippen LogP contribution in [-0.2, 0) is 9.53 Å². The molecule has 2 saturated heterocycles. The maximum atomic E-state index is 12.4. The average Bonchev–Trinajstić information content (AvgIpc) is 2.69. The summed E-state index contributed by atoms with van der Waals surface area (Å²) in [7, 11) is 3.98. The minimum Gasteiger partial charge on any atom is -0.391 e. The van der Waals surface area contributed by atoms with Crippen molar-refractivity contribution in [2.24, 2.45) is 0 Å². The van der Waals surface area contributed by atoms with Gasteiger partial charge >= 0.3 is 0 Å². The minimum atomic E-state index is -0.387. The van der Waals surface area contributed by atoms with Gasteiger partial charge in [-0.1, -0.05) is 0 Å². The van der Waals surface area contributed by atoms with Crippen LogP contribution in [0.1, 0.15) is 25.7 Å².